The van der Waals surface area contributed by atoms with Crippen LogP contribution in [0.5, 0.6) is 0 Å². The molecule has 1 unspecified atom stereocenters. The van der Waals surface area contributed by atoms with Gasteiger partial charge in [0.05, 0.1) is 0 Å². The van der Waals surface area contributed by atoms with E-state index in [4.69, 9.17) is 0 Å². The molecule has 1 aromatic rings. The zero-order valence-electron chi connectivity index (χ0n) is 11.2. The summed E-state index contributed by atoms with van der Waals surface area (Å²) in [6.07, 6.45) is 1.98. The van der Waals surface area contributed by atoms with Gasteiger partial charge in [-0.2, -0.15) is 0 Å². The third-order valence-corrected chi connectivity index (χ3v) is 3.85. The molecule has 0 aliphatic carbocycles. The Hall–Kier alpha value is -1.64. The van der Waals surface area contributed by atoms with Gasteiger partial charge in [-0.3, -0.25) is 9.59 Å². The first-order valence-corrected chi connectivity index (χ1v) is 6.46. The van der Waals surface area contributed by atoms with Crippen LogP contribution in [0.3, 0.4) is 0 Å². The normalized spacial score (nSPS) is 22.2. The van der Waals surface area contributed by atoms with Crippen LogP contribution in [0.2, 0.25) is 0 Å². The third kappa shape index (κ3) is 1.65. The van der Waals surface area contributed by atoms with Crippen LogP contribution in [0.15, 0.2) is 24.3 Å². The van der Waals surface area contributed by atoms with Crippen molar-refractivity contribution >= 4 is 17.4 Å². The van der Waals surface area contributed by atoms with Crippen LogP contribution in [0.1, 0.15) is 39.2 Å². The van der Waals surface area contributed by atoms with E-state index in [1.54, 1.807) is 11.8 Å². The standard InChI is InChI=1S/C15H19NO2/c1-4-5-10-16-13-9-7-6-8-12(13)15(3,11(2)17)14(16)18/h6-9H,4-5,10H2,1-3H3. The average molecular weight is 245 g/mol. The molecule has 3 heteroatoms. The molecule has 1 aliphatic rings. The minimum atomic E-state index is -0.996. The average Bonchev–Trinajstić information content (AvgIpc) is 2.59. The predicted molar refractivity (Wildman–Crippen MR) is 71.7 cm³/mol. The van der Waals surface area contributed by atoms with Crippen molar-refractivity contribution in [1.29, 1.82) is 0 Å². The smallest absolute Gasteiger partial charge is 0.244 e. The molecule has 1 atom stereocenters. The molecule has 0 fully saturated rings. The van der Waals surface area contributed by atoms with E-state index in [-0.39, 0.29) is 11.7 Å². The molecule has 96 valence electrons. The van der Waals surface area contributed by atoms with E-state index in [9.17, 15) is 9.59 Å². The Morgan fingerprint density at radius 2 is 2.00 bits per heavy atom. The van der Waals surface area contributed by atoms with Crippen molar-refractivity contribution < 1.29 is 9.59 Å². The van der Waals surface area contributed by atoms with Gasteiger partial charge in [-0.1, -0.05) is 31.5 Å². The Morgan fingerprint density at radius 3 is 2.61 bits per heavy atom. The van der Waals surface area contributed by atoms with Crippen molar-refractivity contribution in [2.45, 2.75) is 39.0 Å². The number of amides is 1. The Bertz CT molecular complexity index is 495. The van der Waals surface area contributed by atoms with Crippen LogP contribution in [-0.4, -0.2) is 18.2 Å². The highest BCUT2D eigenvalue weighted by atomic mass is 16.2. The summed E-state index contributed by atoms with van der Waals surface area (Å²) < 4.78 is 0. The molecule has 1 heterocycles. The minimum absolute atomic E-state index is 0.0790. The fraction of sp³-hybridized carbons (Fsp3) is 0.467. The Balaban J connectivity index is 2.50. The van der Waals surface area contributed by atoms with Gasteiger partial charge in [0.15, 0.2) is 0 Å². The Labute approximate surface area is 108 Å². The number of nitrogens with zero attached hydrogens (tertiary/aromatic N) is 1. The molecule has 18 heavy (non-hydrogen) atoms. The molecule has 0 radical (unpaired) electrons. The number of hydrogen-bond donors (Lipinski definition) is 0. The molecule has 0 spiro atoms. The minimum Gasteiger partial charge on any atom is -0.311 e. The zero-order valence-corrected chi connectivity index (χ0v) is 11.2. The number of ketones is 1. The van der Waals surface area contributed by atoms with E-state index in [0.717, 1.165) is 24.1 Å². The van der Waals surface area contributed by atoms with Crippen LogP contribution in [0.25, 0.3) is 0 Å². The maximum absolute atomic E-state index is 12.5. The highest BCUT2D eigenvalue weighted by Gasteiger charge is 2.50. The van der Waals surface area contributed by atoms with Gasteiger partial charge in [0.2, 0.25) is 5.91 Å². The second-order valence-electron chi connectivity index (χ2n) is 5.01. The first kappa shape index (κ1) is 12.8. The van der Waals surface area contributed by atoms with E-state index in [1.807, 2.05) is 24.3 Å². The fourth-order valence-corrected chi connectivity index (χ4v) is 2.50. The molecule has 0 N–H and O–H groups in total. The van der Waals surface area contributed by atoms with E-state index < -0.39 is 5.41 Å². The highest BCUT2D eigenvalue weighted by Crippen LogP contribution is 2.42. The van der Waals surface area contributed by atoms with Crippen LogP contribution in [-0.2, 0) is 15.0 Å². The van der Waals surface area contributed by atoms with Gasteiger partial charge in [0.25, 0.3) is 0 Å². The van der Waals surface area contributed by atoms with Crippen molar-refractivity contribution in [1.82, 2.24) is 0 Å². The molecule has 1 amide bonds. The number of rotatable bonds is 4. The van der Waals surface area contributed by atoms with E-state index >= 15 is 0 Å². The van der Waals surface area contributed by atoms with Gasteiger partial charge in [0.1, 0.15) is 11.2 Å². The maximum Gasteiger partial charge on any atom is 0.244 e. The number of benzene rings is 1. The molecule has 0 saturated heterocycles. The van der Waals surface area contributed by atoms with Crippen molar-refractivity contribution in [3.8, 4) is 0 Å². The lowest BCUT2D eigenvalue weighted by molar-refractivity contribution is -0.132. The number of carbonyl (C=O) groups is 2. The van der Waals surface area contributed by atoms with Gasteiger partial charge in [-0.25, -0.2) is 0 Å². The molecule has 0 aromatic heterocycles. The molecule has 1 aliphatic heterocycles. The second-order valence-corrected chi connectivity index (χ2v) is 5.01. The van der Waals surface area contributed by atoms with Crippen molar-refractivity contribution in [2.24, 2.45) is 0 Å². The number of para-hydroxylation sites is 1. The summed E-state index contributed by atoms with van der Waals surface area (Å²) in [4.78, 5) is 26.2. The quantitative estimate of drug-likeness (QED) is 0.765. The second kappa shape index (κ2) is 4.56. The molecular formula is C15H19NO2. The van der Waals surface area contributed by atoms with Crippen molar-refractivity contribution in [3.63, 3.8) is 0 Å². The molecule has 2 rings (SSSR count). The number of hydrogen-bond acceptors (Lipinski definition) is 2. The van der Waals surface area contributed by atoms with Crippen LogP contribution in [0, 0.1) is 0 Å². The largest absolute Gasteiger partial charge is 0.311 e. The highest BCUT2D eigenvalue weighted by molar-refractivity contribution is 6.21. The van der Waals surface area contributed by atoms with Gasteiger partial charge in [0, 0.05) is 12.2 Å². The van der Waals surface area contributed by atoms with Crippen LogP contribution in [0.4, 0.5) is 5.69 Å². The number of unbranched alkanes of at least 4 members (excludes halogenated alkanes) is 1. The summed E-state index contributed by atoms with van der Waals surface area (Å²) in [6.45, 7) is 6.02. The summed E-state index contributed by atoms with van der Waals surface area (Å²) in [5.74, 6) is -0.163. The number of anilines is 1. The lowest BCUT2D eigenvalue weighted by Gasteiger charge is -2.21. The first-order valence-electron chi connectivity index (χ1n) is 6.46. The molecule has 3 nitrogen and oxygen atoms in total. The Kier molecular flexibility index (Phi) is 3.24. The predicted octanol–water partition coefficient (Wildman–Crippen LogP) is 2.68. The van der Waals surface area contributed by atoms with Gasteiger partial charge in [-0.15, -0.1) is 0 Å². The Morgan fingerprint density at radius 1 is 1.33 bits per heavy atom. The molecular weight excluding hydrogens is 226 g/mol. The monoisotopic (exact) mass is 245 g/mol. The van der Waals surface area contributed by atoms with Crippen molar-refractivity contribution in [2.75, 3.05) is 11.4 Å². The van der Waals surface area contributed by atoms with Crippen molar-refractivity contribution in [3.05, 3.63) is 29.8 Å². The summed E-state index contributed by atoms with van der Waals surface area (Å²) in [5.41, 5.74) is 0.747. The van der Waals surface area contributed by atoms with Gasteiger partial charge in [-0.05, 0) is 31.9 Å². The zero-order chi connectivity index (χ0) is 13.3. The molecule has 0 saturated carbocycles. The van der Waals surface area contributed by atoms with E-state index in [1.165, 1.54) is 6.92 Å². The SMILES string of the molecule is CCCCN1C(=O)C(C)(C(C)=O)c2ccccc21. The third-order valence-electron chi connectivity index (χ3n) is 3.85. The molecule has 1 aromatic carbocycles. The summed E-state index contributed by atoms with van der Waals surface area (Å²) in [7, 11) is 0. The molecule has 0 bridgehead atoms. The van der Waals surface area contributed by atoms with Crippen LogP contribution < -0.4 is 4.90 Å². The first-order chi connectivity index (χ1) is 8.53. The van der Waals surface area contributed by atoms with E-state index in [2.05, 4.69) is 6.92 Å². The van der Waals surface area contributed by atoms with Gasteiger partial charge >= 0.3 is 0 Å². The number of fused-ring (bicyclic) bond motifs is 1. The lowest BCUT2D eigenvalue weighted by atomic mass is 9.80. The topological polar surface area (TPSA) is 37.4 Å². The summed E-state index contributed by atoms with van der Waals surface area (Å²) in [5, 5.41) is 0. The maximum atomic E-state index is 12.5. The van der Waals surface area contributed by atoms with Crippen LogP contribution >= 0.6 is 0 Å². The van der Waals surface area contributed by atoms with Gasteiger partial charge < -0.3 is 4.90 Å². The lowest BCUT2D eigenvalue weighted by Crippen LogP contribution is -2.43. The fourth-order valence-electron chi connectivity index (χ4n) is 2.50. The van der Waals surface area contributed by atoms with E-state index in [0.29, 0.717) is 6.54 Å². The number of Topliss-reactive ketones (excluding diaryl/α,β-unsaturated/α-hetero) is 1. The summed E-state index contributed by atoms with van der Waals surface area (Å²) >= 11 is 0. The summed E-state index contributed by atoms with van der Waals surface area (Å²) in [6, 6.07) is 7.62. The number of carbonyl (C=O) groups excluding carboxylic acids is 2.